The molecule has 2 heterocycles. The van der Waals surface area contributed by atoms with Crippen molar-refractivity contribution in [1.82, 2.24) is 9.97 Å². The third-order valence-corrected chi connectivity index (χ3v) is 4.38. The van der Waals surface area contributed by atoms with E-state index in [9.17, 15) is 0 Å². The Morgan fingerprint density at radius 3 is 2.70 bits per heavy atom. The van der Waals surface area contributed by atoms with Crippen molar-refractivity contribution < 1.29 is 0 Å². The van der Waals surface area contributed by atoms with Crippen LogP contribution in [0.1, 0.15) is 46.4 Å². The highest BCUT2D eigenvalue weighted by Gasteiger charge is 2.30. The molecule has 4 nitrogen and oxygen atoms in total. The molecular formula is C16H28N4. The highest BCUT2D eigenvalue weighted by atomic mass is 15.2. The number of piperidine rings is 1. The summed E-state index contributed by atoms with van der Waals surface area (Å²) in [6.45, 7) is 10.3. The summed E-state index contributed by atoms with van der Waals surface area (Å²) in [6.07, 6.45) is 3.33. The lowest BCUT2D eigenvalue weighted by Gasteiger charge is -2.42. The summed E-state index contributed by atoms with van der Waals surface area (Å²) in [6, 6.07) is 2.63. The van der Waals surface area contributed by atoms with Crippen LogP contribution in [0.5, 0.6) is 0 Å². The van der Waals surface area contributed by atoms with Gasteiger partial charge in [-0.1, -0.05) is 20.8 Å². The van der Waals surface area contributed by atoms with Gasteiger partial charge in [-0.15, -0.1) is 0 Å². The van der Waals surface area contributed by atoms with Crippen LogP contribution in [-0.2, 0) is 6.42 Å². The van der Waals surface area contributed by atoms with Crippen molar-refractivity contribution in [1.29, 1.82) is 0 Å². The lowest BCUT2D eigenvalue weighted by atomic mass is 9.86. The Morgan fingerprint density at radius 1 is 1.30 bits per heavy atom. The molecule has 2 rings (SSSR count). The molecule has 1 saturated heterocycles. The first kappa shape index (κ1) is 15.1. The summed E-state index contributed by atoms with van der Waals surface area (Å²) < 4.78 is 0. The van der Waals surface area contributed by atoms with Gasteiger partial charge in [0, 0.05) is 32.1 Å². The van der Waals surface area contributed by atoms with E-state index in [2.05, 4.69) is 49.0 Å². The van der Waals surface area contributed by atoms with Crippen molar-refractivity contribution in [3.8, 4) is 0 Å². The second-order valence-electron chi connectivity index (χ2n) is 6.24. The van der Waals surface area contributed by atoms with E-state index in [1.54, 1.807) is 0 Å². The fourth-order valence-electron chi connectivity index (χ4n) is 3.11. The topological polar surface area (TPSA) is 41.1 Å². The van der Waals surface area contributed by atoms with E-state index >= 15 is 0 Å². The summed E-state index contributed by atoms with van der Waals surface area (Å²) in [5.41, 5.74) is 0. The molecule has 0 spiro atoms. The van der Waals surface area contributed by atoms with Crippen LogP contribution >= 0.6 is 0 Å². The number of nitrogens with zero attached hydrogens (tertiary/aromatic N) is 3. The Bertz CT molecular complexity index is 446. The Morgan fingerprint density at radius 2 is 2.05 bits per heavy atom. The largest absolute Gasteiger partial charge is 0.373 e. The first-order valence-electron chi connectivity index (χ1n) is 7.87. The fourth-order valence-corrected chi connectivity index (χ4v) is 3.11. The van der Waals surface area contributed by atoms with Crippen molar-refractivity contribution in [2.45, 2.75) is 53.0 Å². The number of aryl methyl sites for hydroxylation is 1. The molecule has 1 fully saturated rings. The number of hydrogen-bond acceptors (Lipinski definition) is 4. The van der Waals surface area contributed by atoms with Crippen molar-refractivity contribution in [2.75, 3.05) is 23.8 Å². The minimum absolute atomic E-state index is 0.542. The first-order chi connectivity index (χ1) is 9.55. The number of anilines is 2. The van der Waals surface area contributed by atoms with Crippen LogP contribution in [0, 0.1) is 11.8 Å². The molecule has 1 aromatic rings. The standard InChI is InChI=1S/C16H28N4/c1-6-7-14-18-15(17-5)9-16(19-14)20-10-11(2)8-12(3)13(20)4/h9,11-13H,6-8,10H2,1-5H3,(H,17,18,19). The zero-order valence-corrected chi connectivity index (χ0v) is 13.5. The molecule has 1 aromatic heterocycles. The predicted octanol–water partition coefficient (Wildman–Crippen LogP) is 3.34. The average Bonchev–Trinajstić information content (AvgIpc) is 2.42. The zero-order valence-electron chi connectivity index (χ0n) is 13.5. The molecule has 0 aromatic carbocycles. The van der Waals surface area contributed by atoms with E-state index < -0.39 is 0 Å². The molecule has 0 bridgehead atoms. The highest BCUT2D eigenvalue weighted by Crippen LogP contribution is 2.31. The predicted molar refractivity (Wildman–Crippen MR) is 85.3 cm³/mol. The Kier molecular flexibility index (Phi) is 4.84. The van der Waals surface area contributed by atoms with Gasteiger partial charge in [0.1, 0.15) is 17.5 Å². The van der Waals surface area contributed by atoms with Gasteiger partial charge in [-0.05, 0) is 31.6 Å². The molecule has 112 valence electrons. The smallest absolute Gasteiger partial charge is 0.134 e. The lowest BCUT2D eigenvalue weighted by molar-refractivity contribution is 0.295. The van der Waals surface area contributed by atoms with Gasteiger partial charge >= 0.3 is 0 Å². The molecule has 1 aliphatic heterocycles. The van der Waals surface area contributed by atoms with Gasteiger partial charge in [0.2, 0.25) is 0 Å². The summed E-state index contributed by atoms with van der Waals surface area (Å²) in [5, 5.41) is 3.16. The van der Waals surface area contributed by atoms with E-state index in [1.807, 2.05) is 7.05 Å². The van der Waals surface area contributed by atoms with E-state index in [0.717, 1.165) is 42.8 Å². The number of nitrogens with one attached hydrogen (secondary N) is 1. The maximum Gasteiger partial charge on any atom is 0.134 e. The quantitative estimate of drug-likeness (QED) is 0.915. The molecule has 4 heteroatoms. The summed E-state index contributed by atoms with van der Waals surface area (Å²) in [7, 11) is 1.92. The third-order valence-electron chi connectivity index (χ3n) is 4.38. The van der Waals surface area contributed by atoms with E-state index in [1.165, 1.54) is 6.42 Å². The van der Waals surface area contributed by atoms with Crippen molar-refractivity contribution in [3.05, 3.63) is 11.9 Å². The normalized spacial score (nSPS) is 26.6. The van der Waals surface area contributed by atoms with Crippen molar-refractivity contribution >= 4 is 11.6 Å². The summed E-state index contributed by atoms with van der Waals surface area (Å²) >= 11 is 0. The maximum atomic E-state index is 4.79. The molecule has 0 saturated carbocycles. The zero-order chi connectivity index (χ0) is 14.7. The van der Waals surface area contributed by atoms with Crippen LogP contribution in [0.25, 0.3) is 0 Å². The van der Waals surface area contributed by atoms with Crippen LogP contribution in [-0.4, -0.2) is 29.6 Å². The lowest BCUT2D eigenvalue weighted by Crippen LogP contribution is -2.46. The molecule has 0 radical (unpaired) electrons. The molecular weight excluding hydrogens is 248 g/mol. The summed E-state index contributed by atoms with van der Waals surface area (Å²) in [4.78, 5) is 11.8. The highest BCUT2D eigenvalue weighted by molar-refractivity contribution is 5.50. The molecule has 3 unspecified atom stereocenters. The third kappa shape index (κ3) is 3.22. The Labute approximate surface area is 123 Å². The van der Waals surface area contributed by atoms with Crippen molar-refractivity contribution in [2.24, 2.45) is 11.8 Å². The van der Waals surface area contributed by atoms with Crippen LogP contribution in [0.2, 0.25) is 0 Å². The van der Waals surface area contributed by atoms with Crippen LogP contribution in [0.15, 0.2) is 6.07 Å². The molecule has 1 N–H and O–H groups in total. The minimum atomic E-state index is 0.542. The molecule has 1 aliphatic rings. The van der Waals surface area contributed by atoms with Crippen LogP contribution in [0.4, 0.5) is 11.6 Å². The first-order valence-corrected chi connectivity index (χ1v) is 7.87. The molecule has 20 heavy (non-hydrogen) atoms. The second kappa shape index (κ2) is 6.42. The molecule has 3 atom stereocenters. The van der Waals surface area contributed by atoms with Crippen molar-refractivity contribution in [3.63, 3.8) is 0 Å². The van der Waals surface area contributed by atoms with Gasteiger partial charge in [-0.25, -0.2) is 9.97 Å². The average molecular weight is 276 g/mol. The van der Waals surface area contributed by atoms with Gasteiger partial charge < -0.3 is 10.2 Å². The SMILES string of the molecule is CCCc1nc(NC)cc(N2CC(C)CC(C)C2C)n1. The van der Waals surface area contributed by atoms with Gasteiger partial charge in [-0.3, -0.25) is 0 Å². The van der Waals surface area contributed by atoms with E-state index in [4.69, 9.17) is 4.98 Å². The monoisotopic (exact) mass is 276 g/mol. The second-order valence-corrected chi connectivity index (χ2v) is 6.24. The number of hydrogen-bond donors (Lipinski definition) is 1. The fraction of sp³-hybridized carbons (Fsp3) is 0.750. The van der Waals surface area contributed by atoms with Gasteiger partial charge in [0.25, 0.3) is 0 Å². The maximum absolute atomic E-state index is 4.79. The van der Waals surface area contributed by atoms with Gasteiger partial charge in [0.15, 0.2) is 0 Å². The van der Waals surface area contributed by atoms with Crippen LogP contribution < -0.4 is 10.2 Å². The molecule has 0 aliphatic carbocycles. The molecule has 0 amide bonds. The van der Waals surface area contributed by atoms with E-state index in [0.29, 0.717) is 12.0 Å². The minimum Gasteiger partial charge on any atom is -0.373 e. The Balaban J connectivity index is 2.32. The Hall–Kier alpha value is -1.32. The number of rotatable bonds is 4. The van der Waals surface area contributed by atoms with Gasteiger partial charge in [0.05, 0.1) is 0 Å². The van der Waals surface area contributed by atoms with E-state index in [-0.39, 0.29) is 0 Å². The van der Waals surface area contributed by atoms with Gasteiger partial charge in [-0.2, -0.15) is 0 Å². The number of aromatic nitrogens is 2. The summed E-state index contributed by atoms with van der Waals surface area (Å²) in [5.74, 6) is 4.40. The van der Waals surface area contributed by atoms with Crippen LogP contribution in [0.3, 0.4) is 0 Å².